The standard InChI is InChI=1S/C15H24O/c1-12(2)6-5-7-14-8-9-15(11-16-4)13(3)10-14/h6,10-11,13H,5,7-9H2,1-4H3/b15-11-. The summed E-state index contributed by atoms with van der Waals surface area (Å²) in [6.07, 6.45) is 11.4. The van der Waals surface area contributed by atoms with Gasteiger partial charge in [0.05, 0.1) is 13.4 Å². The highest BCUT2D eigenvalue weighted by Gasteiger charge is 2.14. The van der Waals surface area contributed by atoms with Crippen molar-refractivity contribution in [2.45, 2.75) is 46.5 Å². The van der Waals surface area contributed by atoms with Crippen LogP contribution in [0.3, 0.4) is 0 Å². The Kier molecular flexibility index (Phi) is 5.37. The van der Waals surface area contributed by atoms with Gasteiger partial charge in [-0.25, -0.2) is 0 Å². The van der Waals surface area contributed by atoms with Crippen molar-refractivity contribution in [3.05, 3.63) is 35.1 Å². The van der Waals surface area contributed by atoms with Gasteiger partial charge in [0, 0.05) is 0 Å². The minimum atomic E-state index is 0.551. The summed E-state index contributed by atoms with van der Waals surface area (Å²) in [7, 11) is 1.73. The van der Waals surface area contributed by atoms with Gasteiger partial charge in [0.25, 0.3) is 0 Å². The van der Waals surface area contributed by atoms with Crippen LogP contribution in [0.4, 0.5) is 0 Å². The largest absolute Gasteiger partial charge is 0.504 e. The molecule has 1 rings (SSSR count). The Bertz CT molecular complexity index is 303. The van der Waals surface area contributed by atoms with Crippen LogP contribution in [0, 0.1) is 5.92 Å². The van der Waals surface area contributed by atoms with E-state index in [9.17, 15) is 0 Å². The molecule has 0 N–H and O–H groups in total. The van der Waals surface area contributed by atoms with E-state index in [1.165, 1.54) is 30.4 Å². The number of rotatable bonds is 4. The van der Waals surface area contributed by atoms with Crippen molar-refractivity contribution in [1.29, 1.82) is 0 Å². The first kappa shape index (κ1) is 13.1. The van der Waals surface area contributed by atoms with Crippen molar-refractivity contribution in [3.63, 3.8) is 0 Å². The van der Waals surface area contributed by atoms with Crippen molar-refractivity contribution in [1.82, 2.24) is 0 Å². The predicted molar refractivity (Wildman–Crippen MR) is 70.2 cm³/mol. The van der Waals surface area contributed by atoms with E-state index >= 15 is 0 Å². The zero-order valence-corrected chi connectivity index (χ0v) is 11.0. The van der Waals surface area contributed by atoms with Crippen LogP contribution in [0.15, 0.2) is 35.1 Å². The number of methoxy groups -OCH3 is 1. The van der Waals surface area contributed by atoms with Crippen molar-refractivity contribution in [3.8, 4) is 0 Å². The lowest BCUT2D eigenvalue weighted by molar-refractivity contribution is 0.328. The Morgan fingerprint density at radius 2 is 2.19 bits per heavy atom. The molecule has 0 aromatic rings. The second kappa shape index (κ2) is 6.57. The molecule has 90 valence electrons. The molecule has 1 unspecified atom stereocenters. The summed E-state index contributed by atoms with van der Waals surface area (Å²) in [6.45, 7) is 6.58. The molecular formula is C15H24O. The molecule has 1 aliphatic rings. The van der Waals surface area contributed by atoms with Crippen molar-refractivity contribution < 1.29 is 4.74 Å². The van der Waals surface area contributed by atoms with Gasteiger partial charge < -0.3 is 4.74 Å². The maximum absolute atomic E-state index is 5.10. The van der Waals surface area contributed by atoms with Gasteiger partial charge >= 0.3 is 0 Å². The Hall–Kier alpha value is -0.980. The molecule has 0 fully saturated rings. The third-order valence-corrected chi connectivity index (χ3v) is 3.09. The average molecular weight is 220 g/mol. The quantitative estimate of drug-likeness (QED) is 0.496. The fourth-order valence-corrected chi connectivity index (χ4v) is 2.15. The first-order valence-electron chi connectivity index (χ1n) is 6.18. The van der Waals surface area contributed by atoms with E-state index in [-0.39, 0.29) is 0 Å². The SMILES string of the molecule is CO/C=C1/CCC(CCC=C(C)C)=CC1C. The molecule has 1 atom stereocenters. The molecule has 0 aromatic carbocycles. The molecule has 0 bridgehead atoms. The van der Waals surface area contributed by atoms with E-state index in [1.54, 1.807) is 12.7 Å². The highest BCUT2D eigenvalue weighted by atomic mass is 16.5. The van der Waals surface area contributed by atoms with Gasteiger partial charge in [-0.2, -0.15) is 0 Å². The first-order chi connectivity index (χ1) is 7.63. The van der Waals surface area contributed by atoms with E-state index < -0.39 is 0 Å². The van der Waals surface area contributed by atoms with E-state index in [0.29, 0.717) is 5.92 Å². The van der Waals surface area contributed by atoms with Gasteiger partial charge in [-0.3, -0.25) is 0 Å². The van der Waals surface area contributed by atoms with E-state index in [0.717, 1.165) is 6.42 Å². The van der Waals surface area contributed by atoms with Crippen molar-refractivity contribution >= 4 is 0 Å². The average Bonchev–Trinajstić information content (AvgIpc) is 2.21. The summed E-state index contributed by atoms with van der Waals surface area (Å²) in [5, 5.41) is 0. The molecule has 1 aliphatic carbocycles. The van der Waals surface area contributed by atoms with E-state index in [2.05, 4.69) is 32.9 Å². The van der Waals surface area contributed by atoms with Gasteiger partial charge in [-0.1, -0.05) is 30.2 Å². The fourth-order valence-electron chi connectivity index (χ4n) is 2.15. The first-order valence-corrected chi connectivity index (χ1v) is 6.18. The lowest BCUT2D eigenvalue weighted by Crippen LogP contribution is -2.05. The van der Waals surface area contributed by atoms with Crippen LogP contribution in [-0.2, 0) is 4.74 Å². The van der Waals surface area contributed by atoms with Gasteiger partial charge in [0.15, 0.2) is 0 Å². The van der Waals surface area contributed by atoms with Crippen LogP contribution in [0.2, 0.25) is 0 Å². The van der Waals surface area contributed by atoms with Crippen LogP contribution in [0.1, 0.15) is 46.5 Å². The number of allylic oxidation sites excluding steroid dienone is 5. The summed E-state index contributed by atoms with van der Waals surface area (Å²) in [4.78, 5) is 0. The third-order valence-electron chi connectivity index (χ3n) is 3.09. The van der Waals surface area contributed by atoms with E-state index in [1.807, 2.05) is 6.26 Å². The predicted octanol–water partition coefficient (Wildman–Crippen LogP) is 4.62. The highest BCUT2D eigenvalue weighted by molar-refractivity contribution is 5.21. The zero-order valence-electron chi connectivity index (χ0n) is 11.0. The molecule has 0 spiro atoms. The monoisotopic (exact) mass is 220 g/mol. The van der Waals surface area contributed by atoms with Crippen LogP contribution in [0.5, 0.6) is 0 Å². The Morgan fingerprint density at radius 3 is 2.75 bits per heavy atom. The zero-order chi connectivity index (χ0) is 12.0. The number of hydrogen-bond donors (Lipinski definition) is 0. The van der Waals surface area contributed by atoms with Gasteiger partial charge in [0.2, 0.25) is 0 Å². The summed E-state index contributed by atoms with van der Waals surface area (Å²) in [6, 6.07) is 0. The minimum absolute atomic E-state index is 0.551. The summed E-state index contributed by atoms with van der Waals surface area (Å²) < 4.78 is 5.10. The normalized spacial score (nSPS) is 22.9. The number of hydrogen-bond acceptors (Lipinski definition) is 1. The lowest BCUT2D eigenvalue weighted by atomic mass is 9.86. The molecule has 0 saturated heterocycles. The molecule has 0 saturated carbocycles. The van der Waals surface area contributed by atoms with Gasteiger partial charge in [-0.05, 0) is 51.0 Å². The Balaban J connectivity index is 2.50. The van der Waals surface area contributed by atoms with Crippen LogP contribution in [-0.4, -0.2) is 7.11 Å². The molecule has 0 amide bonds. The summed E-state index contributed by atoms with van der Waals surface area (Å²) in [5.41, 5.74) is 4.45. The van der Waals surface area contributed by atoms with Gasteiger partial charge in [-0.15, -0.1) is 0 Å². The lowest BCUT2D eigenvalue weighted by Gasteiger charge is -2.21. The third kappa shape index (κ3) is 4.26. The molecule has 0 heterocycles. The smallest absolute Gasteiger partial charge is 0.0822 e. The van der Waals surface area contributed by atoms with Crippen LogP contribution < -0.4 is 0 Å². The second-order valence-corrected chi connectivity index (χ2v) is 4.86. The van der Waals surface area contributed by atoms with Crippen molar-refractivity contribution in [2.24, 2.45) is 5.92 Å². The highest BCUT2D eigenvalue weighted by Crippen LogP contribution is 2.30. The topological polar surface area (TPSA) is 9.23 Å². The van der Waals surface area contributed by atoms with Crippen LogP contribution in [0.25, 0.3) is 0 Å². The number of ether oxygens (including phenoxy) is 1. The van der Waals surface area contributed by atoms with E-state index in [4.69, 9.17) is 4.74 Å². The molecule has 0 aliphatic heterocycles. The molecule has 0 aromatic heterocycles. The maximum Gasteiger partial charge on any atom is 0.0822 e. The maximum atomic E-state index is 5.10. The van der Waals surface area contributed by atoms with Crippen molar-refractivity contribution in [2.75, 3.05) is 7.11 Å². The molecular weight excluding hydrogens is 196 g/mol. The Morgan fingerprint density at radius 1 is 1.44 bits per heavy atom. The molecule has 1 nitrogen and oxygen atoms in total. The minimum Gasteiger partial charge on any atom is -0.504 e. The Labute approximate surface area is 99.9 Å². The van der Waals surface area contributed by atoms with Crippen LogP contribution >= 0.6 is 0 Å². The van der Waals surface area contributed by atoms with Gasteiger partial charge in [0.1, 0.15) is 0 Å². The molecule has 0 radical (unpaired) electrons. The second-order valence-electron chi connectivity index (χ2n) is 4.86. The molecule has 1 heteroatoms. The summed E-state index contributed by atoms with van der Waals surface area (Å²) in [5.74, 6) is 0.551. The fraction of sp³-hybridized carbons (Fsp3) is 0.600. The molecule has 16 heavy (non-hydrogen) atoms. The summed E-state index contributed by atoms with van der Waals surface area (Å²) >= 11 is 0.